The van der Waals surface area contributed by atoms with Crippen LogP contribution in [0.4, 0.5) is 0 Å². The number of nitrogens with zero attached hydrogens (tertiary/aromatic N) is 1. The smallest absolute Gasteiger partial charge is 0.335 e. The number of likely N-dealkylation sites (tertiary alicyclic amines) is 1. The second kappa shape index (κ2) is 5.74. The predicted molar refractivity (Wildman–Crippen MR) is 77.5 cm³/mol. The van der Waals surface area contributed by atoms with Crippen molar-refractivity contribution in [3.63, 3.8) is 0 Å². The topological polar surface area (TPSA) is 104 Å². The minimum absolute atomic E-state index is 0.145. The molecule has 0 radical (unpaired) electrons. The van der Waals surface area contributed by atoms with Gasteiger partial charge in [-0.1, -0.05) is 0 Å². The van der Waals surface area contributed by atoms with Crippen molar-refractivity contribution >= 4 is 37.8 Å². The van der Waals surface area contributed by atoms with E-state index in [9.17, 15) is 18.0 Å². The number of aromatic carboxylic acids is 1. The van der Waals surface area contributed by atoms with Gasteiger partial charge in [0, 0.05) is 18.1 Å². The Hall–Kier alpha value is -1.45. The molecule has 9 heteroatoms. The maximum Gasteiger partial charge on any atom is 0.335 e. The fourth-order valence-corrected chi connectivity index (χ4v) is 4.24. The van der Waals surface area contributed by atoms with Crippen LogP contribution in [0.15, 0.2) is 27.6 Å². The Kier molecular flexibility index (Phi) is 4.35. The zero-order valence-electron chi connectivity index (χ0n) is 11.0. The molecule has 114 valence electrons. The van der Waals surface area contributed by atoms with Crippen LogP contribution in [0.3, 0.4) is 0 Å². The van der Waals surface area contributed by atoms with Gasteiger partial charge < -0.3 is 10.0 Å². The first-order valence-corrected chi connectivity index (χ1v) is 8.30. The van der Waals surface area contributed by atoms with Gasteiger partial charge in [0.1, 0.15) is 6.04 Å². The number of halogens is 1. The number of carboxylic acids is 1. The van der Waals surface area contributed by atoms with Gasteiger partial charge in [-0.2, -0.15) is 4.72 Å². The lowest BCUT2D eigenvalue weighted by Gasteiger charge is -2.14. The van der Waals surface area contributed by atoms with Gasteiger partial charge in [0.05, 0.1) is 10.5 Å². The molecule has 1 aromatic rings. The number of hydrogen-bond donors (Lipinski definition) is 2. The van der Waals surface area contributed by atoms with Crippen molar-refractivity contribution in [1.29, 1.82) is 0 Å². The molecule has 1 saturated heterocycles. The average Bonchev–Trinajstić information content (AvgIpc) is 2.70. The SMILES string of the molecule is CN1CCC(NS(=O)(=O)c2cc(C(=O)O)ccc2Br)C1=O. The third kappa shape index (κ3) is 3.25. The molecule has 1 atom stereocenters. The predicted octanol–water partition coefficient (Wildman–Crippen LogP) is 0.656. The molecule has 0 saturated carbocycles. The maximum atomic E-state index is 12.3. The van der Waals surface area contributed by atoms with Gasteiger partial charge in [-0.3, -0.25) is 4.79 Å². The van der Waals surface area contributed by atoms with Gasteiger partial charge >= 0.3 is 5.97 Å². The number of benzene rings is 1. The lowest BCUT2D eigenvalue weighted by molar-refractivity contribution is -0.127. The molecule has 1 unspecified atom stereocenters. The molecule has 21 heavy (non-hydrogen) atoms. The van der Waals surface area contributed by atoms with Gasteiger partial charge in [-0.15, -0.1) is 0 Å². The van der Waals surface area contributed by atoms with Crippen LogP contribution in [-0.2, 0) is 14.8 Å². The Morgan fingerprint density at radius 2 is 2.14 bits per heavy atom. The summed E-state index contributed by atoms with van der Waals surface area (Å²) in [5.74, 6) is -1.53. The van der Waals surface area contributed by atoms with E-state index in [-0.39, 0.29) is 20.8 Å². The lowest BCUT2D eigenvalue weighted by Crippen LogP contribution is -2.40. The molecule has 0 bridgehead atoms. The summed E-state index contributed by atoms with van der Waals surface area (Å²) in [4.78, 5) is 23.9. The number of carboxylic acid groups (broad SMARTS) is 1. The average molecular weight is 377 g/mol. The summed E-state index contributed by atoms with van der Waals surface area (Å²) in [5, 5.41) is 8.94. The maximum absolute atomic E-state index is 12.3. The molecule has 0 spiro atoms. The van der Waals surface area contributed by atoms with Gasteiger partial charge in [0.15, 0.2) is 0 Å². The van der Waals surface area contributed by atoms with Gasteiger partial charge in [0.2, 0.25) is 15.9 Å². The molecule has 0 aliphatic carbocycles. The summed E-state index contributed by atoms with van der Waals surface area (Å²) >= 11 is 3.08. The molecule has 1 aromatic carbocycles. The second-order valence-electron chi connectivity index (χ2n) is 4.67. The number of amides is 1. The summed E-state index contributed by atoms with van der Waals surface area (Å²) in [6.45, 7) is 0.475. The quantitative estimate of drug-likeness (QED) is 0.802. The standard InChI is InChI=1S/C12H13BrN2O5S/c1-15-5-4-9(11(15)16)14-21(19,20)10-6-7(12(17)18)2-3-8(10)13/h2-3,6,9,14H,4-5H2,1H3,(H,17,18). The first kappa shape index (κ1) is 15.9. The normalized spacial score (nSPS) is 19.0. The molecule has 2 N–H and O–H groups in total. The second-order valence-corrected chi connectivity index (χ2v) is 7.21. The summed E-state index contributed by atoms with van der Waals surface area (Å²) in [5.41, 5.74) is -0.145. The van der Waals surface area contributed by atoms with Crippen LogP contribution in [0.2, 0.25) is 0 Å². The van der Waals surface area contributed by atoms with E-state index in [2.05, 4.69) is 20.7 Å². The first-order chi connectivity index (χ1) is 9.72. The summed E-state index contributed by atoms with van der Waals surface area (Å²) in [6.07, 6.45) is 0.380. The summed E-state index contributed by atoms with van der Waals surface area (Å²) in [6, 6.07) is 2.87. The number of carbonyl (C=O) groups excluding carboxylic acids is 1. The van der Waals surface area contributed by atoms with E-state index >= 15 is 0 Å². The summed E-state index contributed by atoms with van der Waals surface area (Å²) in [7, 11) is -2.40. The van der Waals surface area contributed by atoms with Gasteiger partial charge in [0.25, 0.3) is 0 Å². The molecule has 2 rings (SSSR count). The van der Waals surface area contributed by atoms with Crippen LogP contribution in [0, 0.1) is 0 Å². The number of sulfonamides is 1. The molecular formula is C12H13BrN2O5S. The molecular weight excluding hydrogens is 364 g/mol. The number of carbonyl (C=O) groups is 2. The van der Waals surface area contributed by atoms with Crippen LogP contribution in [0.25, 0.3) is 0 Å². The van der Waals surface area contributed by atoms with E-state index < -0.39 is 22.0 Å². The Bertz CT molecular complexity index is 704. The van der Waals surface area contributed by atoms with Crippen LogP contribution in [0.1, 0.15) is 16.8 Å². The summed E-state index contributed by atoms with van der Waals surface area (Å²) < 4.78 is 27.2. The van der Waals surface area contributed by atoms with Crippen molar-refractivity contribution in [2.24, 2.45) is 0 Å². The molecule has 1 fully saturated rings. The number of hydrogen-bond acceptors (Lipinski definition) is 4. The van der Waals surface area contributed by atoms with Crippen molar-refractivity contribution < 1.29 is 23.1 Å². The fourth-order valence-electron chi connectivity index (χ4n) is 2.02. The molecule has 1 amide bonds. The highest BCUT2D eigenvalue weighted by Crippen LogP contribution is 2.24. The van der Waals surface area contributed by atoms with E-state index in [4.69, 9.17) is 5.11 Å². The molecule has 1 aliphatic heterocycles. The highest BCUT2D eigenvalue weighted by molar-refractivity contribution is 9.10. The highest BCUT2D eigenvalue weighted by atomic mass is 79.9. The van der Waals surface area contributed by atoms with E-state index in [0.29, 0.717) is 13.0 Å². The zero-order chi connectivity index (χ0) is 15.8. The minimum atomic E-state index is -3.99. The van der Waals surface area contributed by atoms with Crippen molar-refractivity contribution in [2.75, 3.05) is 13.6 Å². The third-order valence-corrected chi connectivity index (χ3v) is 5.66. The highest BCUT2D eigenvalue weighted by Gasteiger charge is 2.33. The Morgan fingerprint density at radius 1 is 1.48 bits per heavy atom. The van der Waals surface area contributed by atoms with Crippen molar-refractivity contribution in [3.8, 4) is 0 Å². The van der Waals surface area contributed by atoms with Crippen LogP contribution in [0.5, 0.6) is 0 Å². The largest absolute Gasteiger partial charge is 0.478 e. The van der Waals surface area contributed by atoms with Crippen molar-refractivity contribution in [1.82, 2.24) is 9.62 Å². The number of nitrogens with one attached hydrogen (secondary N) is 1. The van der Waals surface area contributed by atoms with E-state index in [1.54, 1.807) is 7.05 Å². The third-order valence-electron chi connectivity index (χ3n) is 3.19. The lowest BCUT2D eigenvalue weighted by atomic mass is 10.2. The monoisotopic (exact) mass is 376 g/mol. The Morgan fingerprint density at radius 3 is 2.67 bits per heavy atom. The molecule has 7 nitrogen and oxygen atoms in total. The minimum Gasteiger partial charge on any atom is -0.478 e. The molecule has 0 aromatic heterocycles. The first-order valence-electron chi connectivity index (χ1n) is 6.02. The number of rotatable bonds is 4. The van der Waals surface area contributed by atoms with Crippen LogP contribution < -0.4 is 4.72 Å². The van der Waals surface area contributed by atoms with Crippen molar-refractivity contribution in [3.05, 3.63) is 28.2 Å². The Labute approximate surface area is 130 Å². The van der Waals surface area contributed by atoms with Crippen LogP contribution in [-0.4, -0.2) is 49.9 Å². The van der Waals surface area contributed by atoms with E-state index in [1.165, 1.54) is 17.0 Å². The molecule has 1 heterocycles. The Balaban J connectivity index is 2.34. The van der Waals surface area contributed by atoms with Crippen molar-refractivity contribution in [2.45, 2.75) is 17.4 Å². The van der Waals surface area contributed by atoms with E-state index in [0.717, 1.165) is 6.07 Å². The van der Waals surface area contributed by atoms with E-state index in [1.807, 2.05) is 0 Å². The zero-order valence-corrected chi connectivity index (χ0v) is 13.4. The van der Waals surface area contributed by atoms with Crippen LogP contribution >= 0.6 is 15.9 Å². The number of likely N-dealkylation sites (N-methyl/N-ethyl adjacent to an activating group) is 1. The van der Waals surface area contributed by atoms with Gasteiger partial charge in [-0.05, 0) is 40.5 Å². The fraction of sp³-hybridized carbons (Fsp3) is 0.333. The van der Waals surface area contributed by atoms with Gasteiger partial charge in [-0.25, -0.2) is 13.2 Å². The molecule has 1 aliphatic rings.